The van der Waals surface area contributed by atoms with Crippen LogP contribution in [0.2, 0.25) is 0 Å². The molecular formula is C14H18N2O2. The molecule has 4 nitrogen and oxygen atoms in total. The maximum absolute atomic E-state index is 12.1. The molecule has 1 aromatic carbocycles. The third-order valence-electron chi connectivity index (χ3n) is 3.66. The molecule has 0 saturated carbocycles. The lowest BCUT2D eigenvalue weighted by atomic mass is 9.90. The summed E-state index contributed by atoms with van der Waals surface area (Å²) in [6, 6.07) is 9.47. The van der Waals surface area contributed by atoms with Gasteiger partial charge in [0.2, 0.25) is 11.8 Å². The van der Waals surface area contributed by atoms with Gasteiger partial charge in [-0.3, -0.25) is 14.5 Å². The van der Waals surface area contributed by atoms with Crippen molar-refractivity contribution in [1.29, 1.82) is 0 Å². The number of benzene rings is 1. The van der Waals surface area contributed by atoms with E-state index in [0.29, 0.717) is 0 Å². The summed E-state index contributed by atoms with van der Waals surface area (Å²) in [7, 11) is 0. The van der Waals surface area contributed by atoms with E-state index in [1.807, 2.05) is 37.3 Å². The zero-order valence-electron chi connectivity index (χ0n) is 10.7. The second-order valence-electron chi connectivity index (χ2n) is 5.02. The smallest absolute Gasteiger partial charge is 0.233 e. The van der Waals surface area contributed by atoms with Gasteiger partial charge < -0.3 is 5.73 Å². The Kier molecular flexibility index (Phi) is 3.22. The highest BCUT2D eigenvalue weighted by molar-refractivity contribution is 6.04. The van der Waals surface area contributed by atoms with Crippen LogP contribution in [0.4, 0.5) is 0 Å². The first-order valence-corrected chi connectivity index (χ1v) is 6.13. The Morgan fingerprint density at radius 2 is 1.94 bits per heavy atom. The second-order valence-corrected chi connectivity index (χ2v) is 5.02. The van der Waals surface area contributed by atoms with E-state index in [-0.39, 0.29) is 30.7 Å². The molecule has 2 N–H and O–H groups in total. The fourth-order valence-corrected chi connectivity index (χ4v) is 2.44. The summed E-state index contributed by atoms with van der Waals surface area (Å²) >= 11 is 0. The summed E-state index contributed by atoms with van der Waals surface area (Å²) in [5, 5.41) is 0. The van der Waals surface area contributed by atoms with Gasteiger partial charge in [-0.25, -0.2) is 0 Å². The number of rotatable bonds is 3. The van der Waals surface area contributed by atoms with Crippen molar-refractivity contribution >= 4 is 11.8 Å². The molecule has 0 aliphatic carbocycles. The third-order valence-corrected chi connectivity index (χ3v) is 3.66. The number of hydrogen-bond acceptors (Lipinski definition) is 3. The zero-order chi connectivity index (χ0) is 13.3. The highest BCUT2D eigenvalue weighted by atomic mass is 16.2. The van der Waals surface area contributed by atoms with Gasteiger partial charge in [0, 0.05) is 18.9 Å². The van der Waals surface area contributed by atoms with E-state index in [0.717, 1.165) is 5.56 Å². The molecule has 1 aromatic rings. The molecular weight excluding hydrogens is 228 g/mol. The largest absolute Gasteiger partial charge is 0.328 e. The van der Waals surface area contributed by atoms with Gasteiger partial charge in [-0.15, -0.1) is 0 Å². The fraction of sp³-hybridized carbons (Fsp3) is 0.429. The van der Waals surface area contributed by atoms with Gasteiger partial charge in [-0.1, -0.05) is 37.3 Å². The van der Waals surface area contributed by atoms with Crippen molar-refractivity contribution in [2.24, 2.45) is 11.7 Å². The Morgan fingerprint density at radius 3 is 2.39 bits per heavy atom. The zero-order valence-corrected chi connectivity index (χ0v) is 10.7. The van der Waals surface area contributed by atoms with Crippen LogP contribution < -0.4 is 5.73 Å². The molecule has 18 heavy (non-hydrogen) atoms. The SMILES string of the molecule is CC1CC(=O)N(C(C)(CN)c2ccccc2)C1=O. The minimum atomic E-state index is -0.750. The molecule has 1 aliphatic heterocycles. The molecule has 2 atom stereocenters. The summed E-state index contributed by atoms with van der Waals surface area (Å²) < 4.78 is 0. The van der Waals surface area contributed by atoms with Crippen molar-refractivity contribution < 1.29 is 9.59 Å². The van der Waals surface area contributed by atoms with E-state index in [1.54, 1.807) is 6.92 Å². The normalized spacial score (nSPS) is 23.3. The molecule has 0 radical (unpaired) electrons. The van der Waals surface area contributed by atoms with Gasteiger partial charge in [-0.05, 0) is 12.5 Å². The van der Waals surface area contributed by atoms with Crippen LogP contribution in [0.25, 0.3) is 0 Å². The number of nitrogens with zero attached hydrogens (tertiary/aromatic N) is 1. The molecule has 1 heterocycles. The Labute approximate surface area is 107 Å². The van der Waals surface area contributed by atoms with Crippen LogP contribution in [-0.2, 0) is 15.1 Å². The van der Waals surface area contributed by atoms with Crippen molar-refractivity contribution in [1.82, 2.24) is 4.90 Å². The number of imide groups is 1. The topological polar surface area (TPSA) is 63.4 Å². The van der Waals surface area contributed by atoms with Crippen LogP contribution in [0.5, 0.6) is 0 Å². The first-order chi connectivity index (χ1) is 8.50. The van der Waals surface area contributed by atoms with Crippen LogP contribution in [-0.4, -0.2) is 23.3 Å². The van der Waals surface area contributed by atoms with E-state index in [2.05, 4.69) is 0 Å². The Balaban J connectivity index is 2.45. The van der Waals surface area contributed by atoms with Crippen molar-refractivity contribution in [3.05, 3.63) is 35.9 Å². The van der Waals surface area contributed by atoms with Crippen LogP contribution in [0.1, 0.15) is 25.8 Å². The lowest BCUT2D eigenvalue weighted by molar-refractivity contribution is -0.146. The van der Waals surface area contributed by atoms with Crippen molar-refractivity contribution in [3.63, 3.8) is 0 Å². The first-order valence-electron chi connectivity index (χ1n) is 6.13. The number of carbonyl (C=O) groups excluding carboxylic acids is 2. The highest BCUT2D eigenvalue weighted by Crippen LogP contribution is 2.34. The van der Waals surface area contributed by atoms with Crippen molar-refractivity contribution in [2.75, 3.05) is 6.54 Å². The van der Waals surface area contributed by atoms with E-state index in [9.17, 15) is 9.59 Å². The average molecular weight is 246 g/mol. The Morgan fingerprint density at radius 1 is 1.33 bits per heavy atom. The van der Waals surface area contributed by atoms with Crippen molar-refractivity contribution in [3.8, 4) is 0 Å². The maximum atomic E-state index is 12.1. The predicted octanol–water partition coefficient (Wildman–Crippen LogP) is 1.26. The van der Waals surface area contributed by atoms with E-state index < -0.39 is 5.54 Å². The Hall–Kier alpha value is -1.68. The van der Waals surface area contributed by atoms with Gasteiger partial charge in [0.05, 0.1) is 5.54 Å². The molecule has 4 heteroatoms. The van der Waals surface area contributed by atoms with Gasteiger partial charge in [0.15, 0.2) is 0 Å². The number of carbonyl (C=O) groups is 2. The highest BCUT2D eigenvalue weighted by Gasteiger charge is 2.46. The van der Waals surface area contributed by atoms with E-state index in [1.165, 1.54) is 4.90 Å². The van der Waals surface area contributed by atoms with Crippen molar-refractivity contribution in [2.45, 2.75) is 25.8 Å². The average Bonchev–Trinajstić information content (AvgIpc) is 2.64. The molecule has 0 bridgehead atoms. The van der Waals surface area contributed by atoms with Crippen LogP contribution in [0, 0.1) is 5.92 Å². The number of likely N-dealkylation sites (tertiary alicyclic amines) is 1. The summed E-state index contributed by atoms with van der Waals surface area (Å²) in [6.07, 6.45) is 0.279. The molecule has 0 aromatic heterocycles. The van der Waals surface area contributed by atoms with Gasteiger partial charge >= 0.3 is 0 Å². The Bertz CT molecular complexity index is 472. The summed E-state index contributed by atoms with van der Waals surface area (Å²) in [5.41, 5.74) is 5.98. The molecule has 2 unspecified atom stereocenters. The monoisotopic (exact) mass is 246 g/mol. The lowest BCUT2D eigenvalue weighted by Gasteiger charge is -2.37. The minimum absolute atomic E-state index is 0.128. The summed E-state index contributed by atoms with van der Waals surface area (Å²) in [5.74, 6) is -0.506. The second kappa shape index (κ2) is 4.53. The predicted molar refractivity (Wildman–Crippen MR) is 68.5 cm³/mol. The molecule has 2 amide bonds. The summed E-state index contributed by atoms with van der Waals surface area (Å²) in [6.45, 7) is 3.85. The molecule has 2 rings (SSSR count). The first kappa shape index (κ1) is 12.8. The fourth-order valence-electron chi connectivity index (χ4n) is 2.44. The molecule has 1 saturated heterocycles. The standard InChI is InChI=1S/C14H18N2O2/c1-10-8-12(17)16(13(10)18)14(2,9-15)11-6-4-3-5-7-11/h3-7,10H,8-9,15H2,1-2H3. The van der Waals surface area contributed by atoms with Gasteiger partial charge in [0.1, 0.15) is 0 Å². The number of hydrogen-bond donors (Lipinski definition) is 1. The lowest BCUT2D eigenvalue weighted by Crippen LogP contribution is -2.52. The van der Waals surface area contributed by atoms with Gasteiger partial charge in [-0.2, -0.15) is 0 Å². The van der Waals surface area contributed by atoms with Gasteiger partial charge in [0.25, 0.3) is 0 Å². The van der Waals surface area contributed by atoms with Crippen LogP contribution >= 0.6 is 0 Å². The number of nitrogens with two attached hydrogens (primary N) is 1. The summed E-state index contributed by atoms with van der Waals surface area (Å²) in [4.78, 5) is 25.5. The molecule has 1 aliphatic rings. The quantitative estimate of drug-likeness (QED) is 0.816. The molecule has 0 spiro atoms. The maximum Gasteiger partial charge on any atom is 0.233 e. The van der Waals surface area contributed by atoms with E-state index >= 15 is 0 Å². The van der Waals surface area contributed by atoms with Crippen LogP contribution in [0.15, 0.2) is 30.3 Å². The molecule has 96 valence electrons. The number of amides is 2. The van der Waals surface area contributed by atoms with E-state index in [4.69, 9.17) is 5.73 Å². The minimum Gasteiger partial charge on any atom is -0.328 e. The third kappa shape index (κ3) is 1.82. The molecule has 1 fully saturated rings. The van der Waals surface area contributed by atoms with Crippen LogP contribution in [0.3, 0.4) is 0 Å².